The Morgan fingerprint density at radius 2 is 1.95 bits per heavy atom. The average molecular weight is 285 g/mol. The molecule has 2 rings (SSSR count). The van der Waals surface area contributed by atoms with Crippen molar-refractivity contribution in [1.29, 1.82) is 0 Å². The summed E-state index contributed by atoms with van der Waals surface area (Å²) in [6.07, 6.45) is 1.08. The number of non-ortho nitro benzene ring substituents is 1. The summed E-state index contributed by atoms with van der Waals surface area (Å²) in [4.78, 5) is 10.3. The van der Waals surface area contributed by atoms with Gasteiger partial charge < -0.3 is 4.74 Å². The fourth-order valence-electron chi connectivity index (χ4n) is 2.07. The van der Waals surface area contributed by atoms with Crippen molar-refractivity contribution < 1.29 is 9.66 Å². The van der Waals surface area contributed by atoms with Crippen molar-refractivity contribution in [2.24, 2.45) is 0 Å². The van der Waals surface area contributed by atoms with Gasteiger partial charge in [-0.3, -0.25) is 10.1 Å². The standard InChI is InChI=1S/C17H19NO3/c1-3-13(2)15-7-5-9-17(11-15)21-12-14-6-4-8-16(10-14)18(19)20/h4-11,13H,3,12H2,1-2H3. The van der Waals surface area contributed by atoms with E-state index in [1.54, 1.807) is 12.1 Å². The first kappa shape index (κ1) is 15.0. The summed E-state index contributed by atoms with van der Waals surface area (Å²) in [6.45, 7) is 4.66. The maximum Gasteiger partial charge on any atom is 0.269 e. The molecule has 21 heavy (non-hydrogen) atoms. The Labute approximate surface area is 124 Å². The van der Waals surface area contributed by atoms with Crippen LogP contribution in [-0.4, -0.2) is 4.92 Å². The maximum atomic E-state index is 10.7. The minimum Gasteiger partial charge on any atom is -0.489 e. The van der Waals surface area contributed by atoms with Crippen LogP contribution in [0.4, 0.5) is 5.69 Å². The fourth-order valence-corrected chi connectivity index (χ4v) is 2.07. The molecular formula is C17H19NO3. The van der Waals surface area contributed by atoms with E-state index in [1.807, 2.05) is 24.3 Å². The van der Waals surface area contributed by atoms with Crippen molar-refractivity contribution in [2.75, 3.05) is 0 Å². The molecule has 2 aromatic rings. The van der Waals surface area contributed by atoms with E-state index in [2.05, 4.69) is 19.9 Å². The second-order valence-corrected chi connectivity index (χ2v) is 5.10. The third kappa shape index (κ3) is 4.05. The molecule has 0 saturated carbocycles. The zero-order valence-corrected chi connectivity index (χ0v) is 12.3. The van der Waals surface area contributed by atoms with Gasteiger partial charge >= 0.3 is 0 Å². The molecule has 4 nitrogen and oxygen atoms in total. The molecule has 110 valence electrons. The number of hydrogen-bond donors (Lipinski definition) is 0. The lowest BCUT2D eigenvalue weighted by Crippen LogP contribution is -1.98. The van der Waals surface area contributed by atoms with Crippen LogP contribution in [0.1, 0.15) is 37.3 Å². The molecule has 0 aromatic heterocycles. The van der Waals surface area contributed by atoms with Crippen molar-refractivity contribution in [3.8, 4) is 5.75 Å². The monoisotopic (exact) mass is 285 g/mol. The predicted octanol–water partition coefficient (Wildman–Crippen LogP) is 4.69. The lowest BCUT2D eigenvalue weighted by Gasteiger charge is -2.12. The maximum absolute atomic E-state index is 10.7. The van der Waals surface area contributed by atoms with Gasteiger partial charge in [-0.15, -0.1) is 0 Å². The normalized spacial score (nSPS) is 11.9. The van der Waals surface area contributed by atoms with Crippen LogP contribution in [0.2, 0.25) is 0 Å². The molecule has 1 atom stereocenters. The Hall–Kier alpha value is -2.36. The van der Waals surface area contributed by atoms with E-state index in [4.69, 9.17) is 4.74 Å². The van der Waals surface area contributed by atoms with Crippen molar-refractivity contribution >= 4 is 5.69 Å². The number of nitro groups is 1. The highest BCUT2D eigenvalue weighted by Crippen LogP contribution is 2.23. The zero-order chi connectivity index (χ0) is 15.2. The van der Waals surface area contributed by atoms with Gasteiger partial charge in [0.2, 0.25) is 0 Å². The van der Waals surface area contributed by atoms with Gasteiger partial charge in [-0.2, -0.15) is 0 Å². The number of benzene rings is 2. The zero-order valence-electron chi connectivity index (χ0n) is 12.3. The van der Waals surface area contributed by atoms with Gasteiger partial charge in [0.1, 0.15) is 12.4 Å². The van der Waals surface area contributed by atoms with Crippen LogP contribution in [0, 0.1) is 10.1 Å². The SMILES string of the molecule is CCC(C)c1cccc(OCc2cccc([N+](=O)[O-])c2)c1. The van der Waals surface area contributed by atoms with E-state index in [1.165, 1.54) is 11.6 Å². The highest BCUT2D eigenvalue weighted by Gasteiger charge is 2.07. The van der Waals surface area contributed by atoms with Gasteiger partial charge in [-0.05, 0) is 35.6 Å². The summed E-state index contributed by atoms with van der Waals surface area (Å²) in [5.41, 5.74) is 2.12. The number of hydrogen-bond acceptors (Lipinski definition) is 3. The molecule has 0 aliphatic rings. The van der Waals surface area contributed by atoms with Gasteiger partial charge in [-0.1, -0.05) is 38.1 Å². The molecule has 0 aliphatic heterocycles. The number of nitrogens with zero attached hydrogens (tertiary/aromatic N) is 1. The van der Waals surface area contributed by atoms with E-state index in [0.717, 1.165) is 17.7 Å². The largest absolute Gasteiger partial charge is 0.489 e. The molecule has 4 heteroatoms. The molecule has 0 heterocycles. The molecule has 0 radical (unpaired) electrons. The first-order chi connectivity index (χ1) is 10.1. The van der Waals surface area contributed by atoms with Gasteiger partial charge in [0.05, 0.1) is 4.92 Å². The Balaban J connectivity index is 2.06. The lowest BCUT2D eigenvalue weighted by atomic mass is 9.99. The predicted molar refractivity (Wildman–Crippen MR) is 82.6 cm³/mol. The summed E-state index contributed by atoms with van der Waals surface area (Å²) in [5, 5.41) is 10.7. The third-order valence-corrected chi connectivity index (χ3v) is 3.57. The van der Waals surface area contributed by atoms with Gasteiger partial charge in [0.15, 0.2) is 0 Å². The summed E-state index contributed by atoms with van der Waals surface area (Å²) >= 11 is 0. The first-order valence-electron chi connectivity index (χ1n) is 7.06. The first-order valence-corrected chi connectivity index (χ1v) is 7.06. The number of rotatable bonds is 6. The molecule has 0 spiro atoms. The molecular weight excluding hydrogens is 266 g/mol. The Bertz CT molecular complexity index is 625. The Morgan fingerprint density at radius 1 is 1.19 bits per heavy atom. The highest BCUT2D eigenvalue weighted by molar-refractivity contribution is 5.35. The molecule has 0 fully saturated rings. The van der Waals surface area contributed by atoms with Crippen molar-refractivity contribution in [3.05, 3.63) is 69.8 Å². The quantitative estimate of drug-likeness (QED) is 0.571. The van der Waals surface area contributed by atoms with E-state index >= 15 is 0 Å². The second-order valence-electron chi connectivity index (χ2n) is 5.10. The van der Waals surface area contributed by atoms with Crippen LogP contribution in [0.5, 0.6) is 5.75 Å². The Morgan fingerprint density at radius 3 is 2.67 bits per heavy atom. The number of nitro benzene ring substituents is 1. The van der Waals surface area contributed by atoms with Crippen molar-refractivity contribution in [1.82, 2.24) is 0 Å². The topological polar surface area (TPSA) is 52.4 Å². The van der Waals surface area contributed by atoms with Crippen LogP contribution in [-0.2, 0) is 6.61 Å². The highest BCUT2D eigenvalue weighted by atomic mass is 16.6. The summed E-state index contributed by atoms with van der Waals surface area (Å²) in [5.74, 6) is 1.28. The smallest absolute Gasteiger partial charge is 0.269 e. The summed E-state index contributed by atoms with van der Waals surface area (Å²) in [7, 11) is 0. The molecule has 0 aliphatic carbocycles. The minimum absolute atomic E-state index is 0.0875. The van der Waals surface area contributed by atoms with Gasteiger partial charge in [-0.25, -0.2) is 0 Å². The third-order valence-electron chi connectivity index (χ3n) is 3.57. The Kier molecular flexibility index (Phi) is 4.93. The van der Waals surface area contributed by atoms with E-state index in [9.17, 15) is 10.1 Å². The van der Waals surface area contributed by atoms with Crippen LogP contribution >= 0.6 is 0 Å². The molecule has 1 unspecified atom stereocenters. The van der Waals surface area contributed by atoms with Crippen LogP contribution < -0.4 is 4.74 Å². The van der Waals surface area contributed by atoms with Gasteiger partial charge in [0.25, 0.3) is 5.69 Å². The fraction of sp³-hybridized carbons (Fsp3) is 0.294. The van der Waals surface area contributed by atoms with E-state index in [0.29, 0.717) is 12.5 Å². The molecule has 0 bridgehead atoms. The number of ether oxygens (including phenoxy) is 1. The van der Waals surface area contributed by atoms with Crippen LogP contribution in [0.3, 0.4) is 0 Å². The van der Waals surface area contributed by atoms with Crippen LogP contribution in [0.15, 0.2) is 48.5 Å². The summed E-state index contributed by atoms with van der Waals surface area (Å²) in [6, 6.07) is 14.5. The average Bonchev–Trinajstić information content (AvgIpc) is 2.52. The minimum atomic E-state index is -0.396. The second kappa shape index (κ2) is 6.88. The van der Waals surface area contributed by atoms with Crippen molar-refractivity contribution in [2.45, 2.75) is 32.8 Å². The van der Waals surface area contributed by atoms with E-state index < -0.39 is 4.92 Å². The molecule has 0 saturated heterocycles. The molecule has 0 amide bonds. The lowest BCUT2D eigenvalue weighted by molar-refractivity contribution is -0.384. The van der Waals surface area contributed by atoms with Crippen molar-refractivity contribution in [3.63, 3.8) is 0 Å². The molecule has 0 N–H and O–H groups in total. The van der Waals surface area contributed by atoms with E-state index in [-0.39, 0.29) is 5.69 Å². The summed E-state index contributed by atoms with van der Waals surface area (Å²) < 4.78 is 5.74. The van der Waals surface area contributed by atoms with Crippen LogP contribution in [0.25, 0.3) is 0 Å². The molecule has 2 aromatic carbocycles. The van der Waals surface area contributed by atoms with Gasteiger partial charge in [0, 0.05) is 12.1 Å².